The van der Waals surface area contributed by atoms with Crippen molar-refractivity contribution in [2.75, 3.05) is 10.6 Å². The molecule has 7 heteroatoms. The van der Waals surface area contributed by atoms with E-state index in [1.807, 2.05) is 60.7 Å². The first-order chi connectivity index (χ1) is 19.0. The van der Waals surface area contributed by atoms with Gasteiger partial charge >= 0.3 is 5.97 Å². The molecule has 1 aliphatic carbocycles. The SMILES string of the molecule is O=C1OC2(c3ccc(NC4CCCCC4)cc3Oc3cc(Cl)c(Nc4ccccc4Cl)cc32)c2ccccc21. The molecule has 1 spiro atoms. The van der Waals surface area contributed by atoms with Crippen LogP contribution in [0, 0.1) is 0 Å². The first-order valence-corrected chi connectivity index (χ1v) is 14.1. The quantitative estimate of drug-likeness (QED) is 0.245. The highest BCUT2D eigenvalue weighted by Crippen LogP contribution is 2.57. The van der Waals surface area contributed by atoms with Gasteiger partial charge in [0.1, 0.15) is 11.5 Å². The van der Waals surface area contributed by atoms with Crippen molar-refractivity contribution in [3.63, 3.8) is 0 Å². The number of ether oxygens (including phenoxy) is 2. The lowest BCUT2D eigenvalue weighted by molar-refractivity contribution is 0.0224. The van der Waals surface area contributed by atoms with Gasteiger partial charge in [0.15, 0.2) is 5.60 Å². The number of esters is 1. The molecule has 1 fully saturated rings. The zero-order valence-corrected chi connectivity index (χ0v) is 22.6. The number of halogens is 2. The lowest BCUT2D eigenvalue weighted by Crippen LogP contribution is -2.33. The molecule has 2 aliphatic heterocycles. The van der Waals surface area contributed by atoms with Crippen LogP contribution in [0.2, 0.25) is 10.0 Å². The van der Waals surface area contributed by atoms with E-state index >= 15 is 0 Å². The molecule has 2 heterocycles. The standard InChI is InChI=1S/C32H26Cl2N2O3/c33-25-12-6-7-13-27(25)36-28-17-24-30(18-26(28)34)38-29-16-20(35-19-8-2-1-3-9-19)14-15-23(29)32(24)22-11-5-4-10-21(22)31(37)39-32/h4-7,10-19,35-36H,1-3,8-9H2. The third-order valence-electron chi connectivity index (χ3n) is 7.92. The fourth-order valence-electron chi connectivity index (χ4n) is 6.07. The van der Waals surface area contributed by atoms with Crippen LogP contribution in [0.4, 0.5) is 17.1 Å². The van der Waals surface area contributed by atoms with Crippen molar-refractivity contribution in [3.05, 3.63) is 111 Å². The van der Waals surface area contributed by atoms with Crippen LogP contribution in [0.3, 0.4) is 0 Å². The van der Waals surface area contributed by atoms with Crippen LogP contribution in [0.5, 0.6) is 11.5 Å². The Hall–Kier alpha value is -3.67. The van der Waals surface area contributed by atoms with Gasteiger partial charge in [-0.2, -0.15) is 0 Å². The van der Waals surface area contributed by atoms with Crippen molar-refractivity contribution >= 4 is 46.2 Å². The van der Waals surface area contributed by atoms with E-state index < -0.39 is 5.60 Å². The number of fused-ring (bicyclic) bond motifs is 6. The Balaban J connectivity index is 1.38. The zero-order chi connectivity index (χ0) is 26.6. The van der Waals surface area contributed by atoms with Gasteiger partial charge in [0, 0.05) is 40.6 Å². The van der Waals surface area contributed by atoms with Crippen molar-refractivity contribution in [2.45, 2.75) is 43.7 Å². The molecule has 2 N–H and O–H groups in total. The first-order valence-electron chi connectivity index (χ1n) is 13.3. The van der Waals surface area contributed by atoms with E-state index in [9.17, 15) is 4.79 Å². The maximum absolute atomic E-state index is 13.2. The zero-order valence-electron chi connectivity index (χ0n) is 21.1. The predicted octanol–water partition coefficient (Wildman–Crippen LogP) is 9.05. The summed E-state index contributed by atoms with van der Waals surface area (Å²) in [6.07, 6.45) is 6.10. The van der Waals surface area contributed by atoms with Gasteiger partial charge in [-0.15, -0.1) is 0 Å². The Morgan fingerprint density at radius 1 is 0.744 bits per heavy atom. The summed E-state index contributed by atoms with van der Waals surface area (Å²) in [5.41, 5.74) is 3.94. The van der Waals surface area contributed by atoms with Crippen LogP contribution < -0.4 is 15.4 Å². The van der Waals surface area contributed by atoms with Crippen molar-refractivity contribution in [1.29, 1.82) is 0 Å². The van der Waals surface area contributed by atoms with Crippen LogP contribution >= 0.6 is 23.2 Å². The Bertz CT molecular complexity index is 1620. The van der Waals surface area contributed by atoms with E-state index in [0.29, 0.717) is 44.4 Å². The molecule has 7 rings (SSSR count). The molecule has 5 nitrogen and oxygen atoms in total. The Labute approximate surface area is 237 Å². The van der Waals surface area contributed by atoms with Crippen LogP contribution in [0.25, 0.3) is 0 Å². The van der Waals surface area contributed by atoms with E-state index in [1.165, 1.54) is 19.3 Å². The predicted molar refractivity (Wildman–Crippen MR) is 155 cm³/mol. The fourth-order valence-corrected chi connectivity index (χ4v) is 6.45. The van der Waals surface area contributed by atoms with Gasteiger partial charge in [0.05, 0.1) is 27.0 Å². The molecule has 0 aromatic heterocycles. The van der Waals surface area contributed by atoms with Gasteiger partial charge in [-0.1, -0.05) is 72.8 Å². The molecule has 4 aromatic carbocycles. The molecule has 0 amide bonds. The molecular formula is C32H26Cl2N2O3. The molecule has 0 radical (unpaired) electrons. The topological polar surface area (TPSA) is 59.6 Å². The minimum absolute atomic E-state index is 0.371. The molecule has 0 bridgehead atoms. The number of hydrogen-bond acceptors (Lipinski definition) is 5. The summed E-state index contributed by atoms with van der Waals surface area (Å²) in [4.78, 5) is 13.2. The summed E-state index contributed by atoms with van der Waals surface area (Å²) in [6.45, 7) is 0. The van der Waals surface area contributed by atoms with Gasteiger partial charge in [0.25, 0.3) is 0 Å². The largest absolute Gasteiger partial charge is 0.456 e. The van der Waals surface area contributed by atoms with Gasteiger partial charge < -0.3 is 20.1 Å². The first kappa shape index (κ1) is 24.4. The molecule has 3 aliphatic rings. The van der Waals surface area contributed by atoms with Gasteiger partial charge in [-0.25, -0.2) is 4.79 Å². The highest BCUT2D eigenvalue weighted by molar-refractivity contribution is 6.35. The van der Waals surface area contributed by atoms with Crippen LogP contribution in [0.1, 0.15) is 59.2 Å². The number of nitrogens with one attached hydrogen (secondary N) is 2. The highest BCUT2D eigenvalue weighted by atomic mass is 35.5. The molecular weight excluding hydrogens is 531 g/mol. The second-order valence-electron chi connectivity index (χ2n) is 10.3. The maximum Gasteiger partial charge on any atom is 0.340 e. The molecule has 4 aromatic rings. The number of carbonyl (C=O) groups excluding carboxylic acids is 1. The summed E-state index contributed by atoms with van der Waals surface area (Å²) < 4.78 is 12.8. The summed E-state index contributed by atoms with van der Waals surface area (Å²) in [5, 5.41) is 8.05. The lowest BCUT2D eigenvalue weighted by Gasteiger charge is -2.37. The van der Waals surface area contributed by atoms with E-state index in [4.69, 9.17) is 32.7 Å². The van der Waals surface area contributed by atoms with Crippen molar-refractivity contribution in [2.24, 2.45) is 0 Å². The normalized spacial score (nSPS) is 19.5. The monoisotopic (exact) mass is 556 g/mol. The van der Waals surface area contributed by atoms with Gasteiger partial charge in [-0.05, 0) is 49.2 Å². The summed E-state index contributed by atoms with van der Waals surface area (Å²) in [7, 11) is 0. The maximum atomic E-state index is 13.2. The van der Waals surface area contributed by atoms with Gasteiger partial charge in [-0.3, -0.25) is 0 Å². The highest BCUT2D eigenvalue weighted by Gasteiger charge is 2.53. The molecule has 39 heavy (non-hydrogen) atoms. The second-order valence-corrected chi connectivity index (χ2v) is 11.2. The minimum Gasteiger partial charge on any atom is -0.456 e. The molecule has 1 unspecified atom stereocenters. The number of anilines is 3. The minimum atomic E-state index is -1.18. The molecule has 0 saturated heterocycles. The number of benzene rings is 4. The molecule has 196 valence electrons. The second kappa shape index (κ2) is 9.51. The summed E-state index contributed by atoms with van der Waals surface area (Å²) in [5.74, 6) is 0.802. The smallest absolute Gasteiger partial charge is 0.340 e. The number of para-hydroxylation sites is 1. The Kier molecular flexibility index (Phi) is 5.94. The third kappa shape index (κ3) is 4.03. The number of hydrogen-bond donors (Lipinski definition) is 2. The fraction of sp³-hybridized carbons (Fsp3) is 0.219. The molecule has 1 saturated carbocycles. The third-order valence-corrected chi connectivity index (χ3v) is 8.56. The summed E-state index contributed by atoms with van der Waals surface area (Å²) >= 11 is 13.2. The Morgan fingerprint density at radius 3 is 2.36 bits per heavy atom. The van der Waals surface area contributed by atoms with E-state index in [0.717, 1.165) is 35.3 Å². The lowest BCUT2D eigenvalue weighted by atomic mass is 9.77. The van der Waals surface area contributed by atoms with Crippen molar-refractivity contribution in [1.82, 2.24) is 0 Å². The van der Waals surface area contributed by atoms with Crippen LogP contribution in [-0.2, 0) is 10.3 Å². The van der Waals surface area contributed by atoms with Gasteiger partial charge in [0.2, 0.25) is 0 Å². The van der Waals surface area contributed by atoms with E-state index in [-0.39, 0.29) is 5.97 Å². The number of rotatable bonds is 4. The average Bonchev–Trinajstić information content (AvgIpc) is 3.24. The van der Waals surface area contributed by atoms with Crippen molar-refractivity contribution < 1.29 is 14.3 Å². The van der Waals surface area contributed by atoms with Crippen LogP contribution in [0.15, 0.2) is 78.9 Å². The van der Waals surface area contributed by atoms with E-state index in [2.05, 4.69) is 16.7 Å². The summed E-state index contributed by atoms with van der Waals surface area (Å²) in [6, 6.07) is 25.2. The molecule has 1 atom stereocenters. The Morgan fingerprint density at radius 2 is 1.51 bits per heavy atom. The van der Waals surface area contributed by atoms with Crippen molar-refractivity contribution in [3.8, 4) is 11.5 Å². The van der Waals surface area contributed by atoms with E-state index in [1.54, 1.807) is 12.1 Å². The average molecular weight is 557 g/mol. The van der Waals surface area contributed by atoms with Crippen LogP contribution in [-0.4, -0.2) is 12.0 Å². The number of carbonyl (C=O) groups is 1.